The Morgan fingerprint density at radius 3 is 2.34 bits per heavy atom. The van der Waals surface area contributed by atoms with Crippen LogP contribution in [0.15, 0.2) is 30.5 Å². The zero-order valence-corrected chi connectivity index (χ0v) is 19.2. The molecule has 1 saturated heterocycles. The van der Waals surface area contributed by atoms with Gasteiger partial charge in [0.2, 0.25) is 0 Å². The first-order valence-corrected chi connectivity index (χ1v) is 10.4. The van der Waals surface area contributed by atoms with Crippen molar-refractivity contribution in [1.82, 2.24) is 20.0 Å². The first-order valence-electron chi connectivity index (χ1n) is 10.4. The lowest BCUT2D eigenvalue weighted by molar-refractivity contribution is 0.0684. The van der Waals surface area contributed by atoms with Crippen LogP contribution in [0.3, 0.4) is 0 Å². The standard InChI is InChI=1S/C23H34N4O.ClH/c1-17-6-8-19(9-7-17)27-16-20(21(25-27)23(2,3)4)22(28)26-14-11-18(12-15-26)10-13-24-5;/h6-9,16,18,24H,10-15H2,1-5H3;1H. The van der Waals surface area contributed by atoms with Gasteiger partial charge in [-0.05, 0) is 57.8 Å². The number of benzene rings is 1. The highest BCUT2D eigenvalue weighted by Crippen LogP contribution is 2.28. The fourth-order valence-corrected chi connectivity index (χ4v) is 3.86. The number of hydrogen-bond donors (Lipinski definition) is 1. The molecule has 0 spiro atoms. The van der Waals surface area contributed by atoms with E-state index in [-0.39, 0.29) is 23.7 Å². The number of amides is 1. The SMILES string of the molecule is CNCCC1CCN(C(=O)c2cn(-c3ccc(C)cc3)nc2C(C)(C)C)CC1.Cl. The maximum atomic E-state index is 13.3. The van der Waals surface area contributed by atoms with Crippen LogP contribution in [0, 0.1) is 12.8 Å². The van der Waals surface area contributed by atoms with Crippen molar-refractivity contribution >= 4 is 18.3 Å². The van der Waals surface area contributed by atoms with Crippen LogP contribution in [0.5, 0.6) is 0 Å². The van der Waals surface area contributed by atoms with Crippen molar-refractivity contribution in [2.45, 2.75) is 52.4 Å². The molecule has 6 heteroatoms. The summed E-state index contributed by atoms with van der Waals surface area (Å²) in [5.74, 6) is 0.837. The molecular formula is C23H35ClN4O. The predicted molar refractivity (Wildman–Crippen MR) is 121 cm³/mol. The van der Waals surface area contributed by atoms with Gasteiger partial charge in [-0.2, -0.15) is 5.10 Å². The van der Waals surface area contributed by atoms with E-state index in [1.54, 1.807) is 0 Å². The molecule has 160 valence electrons. The smallest absolute Gasteiger partial charge is 0.257 e. The van der Waals surface area contributed by atoms with Gasteiger partial charge in [0.15, 0.2) is 0 Å². The third kappa shape index (κ3) is 5.61. The molecule has 0 aliphatic carbocycles. The van der Waals surface area contributed by atoms with Gasteiger partial charge in [0.25, 0.3) is 5.91 Å². The van der Waals surface area contributed by atoms with E-state index in [1.165, 1.54) is 12.0 Å². The van der Waals surface area contributed by atoms with Gasteiger partial charge >= 0.3 is 0 Å². The normalized spacial score (nSPS) is 15.3. The predicted octanol–water partition coefficient (Wildman–Crippen LogP) is 4.36. The molecule has 2 heterocycles. The van der Waals surface area contributed by atoms with E-state index in [2.05, 4.69) is 57.3 Å². The minimum absolute atomic E-state index is 0. The van der Waals surface area contributed by atoms with Gasteiger partial charge in [-0.15, -0.1) is 12.4 Å². The average molecular weight is 419 g/mol. The number of nitrogens with one attached hydrogen (secondary N) is 1. The van der Waals surface area contributed by atoms with Gasteiger partial charge in [-0.25, -0.2) is 4.68 Å². The van der Waals surface area contributed by atoms with E-state index < -0.39 is 0 Å². The van der Waals surface area contributed by atoms with Crippen LogP contribution in [-0.4, -0.2) is 47.3 Å². The van der Waals surface area contributed by atoms with Gasteiger partial charge in [0, 0.05) is 24.7 Å². The fourth-order valence-electron chi connectivity index (χ4n) is 3.86. The number of rotatable bonds is 5. The highest BCUT2D eigenvalue weighted by Gasteiger charge is 2.31. The van der Waals surface area contributed by atoms with Crippen molar-refractivity contribution in [3.63, 3.8) is 0 Å². The average Bonchev–Trinajstić information content (AvgIpc) is 3.13. The first-order chi connectivity index (χ1) is 13.3. The number of hydrogen-bond acceptors (Lipinski definition) is 3. The van der Waals surface area contributed by atoms with E-state index in [9.17, 15) is 4.79 Å². The van der Waals surface area contributed by atoms with Crippen LogP contribution in [0.25, 0.3) is 5.69 Å². The summed E-state index contributed by atoms with van der Waals surface area (Å²) in [6, 6.07) is 8.25. The van der Waals surface area contributed by atoms with Crippen molar-refractivity contribution in [2.75, 3.05) is 26.7 Å². The molecule has 1 aromatic heterocycles. The monoisotopic (exact) mass is 418 g/mol. The summed E-state index contributed by atoms with van der Waals surface area (Å²) >= 11 is 0. The van der Waals surface area contributed by atoms with Crippen molar-refractivity contribution < 1.29 is 4.79 Å². The maximum absolute atomic E-state index is 13.3. The van der Waals surface area contributed by atoms with Crippen LogP contribution < -0.4 is 5.32 Å². The Bertz CT molecular complexity index is 799. The number of halogens is 1. The van der Waals surface area contributed by atoms with Crippen LogP contribution >= 0.6 is 12.4 Å². The van der Waals surface area contributed by atoms with Crippen LogP contribution in [0.2, 0.25) is 0 Å². The molecule has 1 aliphatic heterocycles. The number of nitrogens with zero attached hydrogens (tertiary/aromatic N) is 3. The number of piperidine rings is 1. The van der Waals surface area contributed by atoms with E-state index in [1.807, 2.05) is 22.8 Å². The molecule has 1 fully saturated rings. The minimum atomic E-state index is -0.188. The number of carbonyl (C=O) groups is 1. The van der Waals surface area contributed by atoms with Gasteiger partial charge in [0.1, 0.15) is 0 Å². The summed E-state index contributed by atoms with van der Waals surface area (Å²) in [6.45, 7) is 11.2. The molecule has 1 amide bonds. The fraction of sp³-hybridized carbons (Fsp3) is 0.565. The molecule has 29 heavy (non-hydrogen) atoms. The number of carbonyl (C=O) groups excluding carboxylic acids is 1. The molecule has 1 N–H and O–H groups in total. The molecule has 0 atom stereocenters. The van der Waals surface area contributed by atoms with Crippen molar-refractivity contribution in [3.05, 3.63) is 47.3 Å². The van der Waals surface area contributed by atoms with E-state index in [0.29, 0.717) is 5.92 Å². The number of likely N-dealkylation sites (tertiary alicyclic amines) is 1. The summed E-state index contributed by atoms with van der Waals surface area (Å²) in [7, 11) is 2.00. The van der Waals surface area contributed by atoms with Gasteiger partial charge < -0.3 is 10.2 Å². The molecule has 1 aromatic carbocycles. The molecular weight excluding hydrogens is 384 g/mol. The summed E-state index contributed by atoms with van der Waals surface area (Å²) < 4.78 is 1.85. The van der Waals surface area contributed by atoms with Gasteiger partial charge in [-0.1, -0.05) is 38.5 Å². The quantitative estimate of drug-likeness (QED) is 0.784. The van der Waals surface area contributed by atoms with Crippen molar-refractivity contribution in [2.24, 2.45) is 5.92 Å². The lowest BCUT2D eigenvalue weighted by atomic mass is 9.88. The van der Waals surface area contributed by atoms with E-state index in [4.69, 9.17) is 5.10 Å². The lowest BCUT2D eigenvalue weighted by Gasteiger charge is -2.32. The molecule has 1 aliphatic rings. The highest BCUT2D eigenvalue weighted by molar-refractivity contribution is 5.95. The molecule has 3 rings (SSSR count). The summed E-state index contributed by atoms with van der Waals surface area (Å²) in [4.78, 5) is 15.4. The Balaban J connectivity index is 0.00000300. The third-order valence-corrected chi connectivity index (χ3v) is 5.66. The number of aromatic nitrogens is 2. The zero-order chi connectivity index (χ0) is 20.3. The minimum Gasteiger partial charge on any atom is -0.339 e. The summed E-state index contributed by atoms with van der Waals surface area (Å²) in [5.41, 5.74) is 3.62. The Kier molecular flexibility index (Phi) is 7.89. The molecule has 0 radical (unpaired) electrons. The summed E-state index contributed by atoms with van der Waals surface area (Å²) in [5, 5.41) is 8.04. The second-order valence-electron chi connectivity index (χ2n) is 9.05. The topological polar surface area (TPSA) is 50.2 Å². The molecule has 0 saturated carbocycles. The van der Waals surface area contributed by atoms with Crippen molar-refractivity contribution in [3.8, 4) is 5.69 Å². The summed E-state index contributed by atoms with van der Waals surface area (Å²) in [6.07, 6.45) is 5.28. The first kappa shape index (κ1) is 23.4. The van der Waals surface area contributed by atoms with Crippen LogP contribution in [-0.2, 0) is 5.41 Å². The molecule has 2 aromatic rings. The third-order valence-electron chi connectivity index (χ3n) is 5.66. The second-order valence-corrected chi connectivity index (χ2v) is 9.05. The Morgan fingerprint density at radius 1 is 1.17 bits per heavy atom. The van der Waals surface area contributed by atoms with Gasteiger partial charge in [0.05, 0.1) is 16.9 Å². The van der Waals surface area contributed by atoms with Crippen LogP contribution in [0.4, 0.5) is 0 Å². The largest absolute Gasteiger partial charge is 0.339 e. The lowest BCUT2D eigenvalue weighted by Crippen LogP contribution is -2.39. The van der Waals surface area contributed by atoms with Crippen LogP contribution in [0.1, 0.15) is 61.6 Å². The highest BCUT2D eigenvalue weighted by atomic mass is 35.5. The second kappa shape index (κ2) is 9.77. The van der Waals surface area contributed by atoms with E-state index >= 15 is 0 Å². The number of aryl methyl sites for hydroxylation is 1. The Morgan fingerprint density at radius 2 is 1.79 bits per heavy atom. The Hall–Kier alpha value is -1.85. The zero-order valence-electron chi connectivity index (χ0n) is 18.4. The maximum Gasteiger partial charge on any atom is 0.257 e. The molecule has 0 bridgehead atoms. The molecule has 0 unspecified atom stereocenters. The molecule has 5 nitrogen and oxygen atoms in total. The van der Waals surface area contributed by atoms with Gasteiger partial charge in [-0.3, -0.25) is 4.79 Å². The Labute approximate surface area is 181 Å². The van der Waals surface area contributed by atoms with E-state index in [0.717, 1.165) is 49.4 Å². The van der Waals surface area contributed by atoms with Crippen molar-refractivity contribution in [1.29, 1.82) is 0 Å².